The number of aliphatic hydroxyl groups excluding tert-OH is 1. The van der Waals surface area contributed by atoms with Crippen LogP contribution in [0.15, 0.2) is 85.1 Å². The van der Waals surface area contributed by atoms with Crippen molar-refractivity contribution in [1.29, 1.82) is 0 Å². The van der Waals surface area contributed by atoms with E-state index in [-0.39, 0.29) is 25.2 Å². The van der Waals surface area contributed by atoms with Crippen molar-refractivity contribution in [2.24, 2.45) is 0 Å². The summed E-state index contributed by atoms with van der Waals surface area (Å²) in [6, 6.07) is 0. The van der Waals surface area contributed by atoms with Crippen LogP contribution < -0.4 is 0 Å². The van der Waals surface area contributed by atoms with Crippen molar-refractivity contribution in [2.45, 2.75) is 392 Å². The van der Waals surface area contributed by atoms with Crippen molar-refractivity contribution >= 4 is 11.9 Å². The zero-order valence-corrected chi connectivity index (χ0v) is 56.2. The highest BCUT2D eigenvalue weighted by Crippen LogP contribution is 2.19. The van der Waals surface area contributed by atoms with E-state index in [1.54, 1.807) is 0 Å². The minimum Gasteiger partial charge on any atom is -0.462 e. The van der Waals surface area contributed by atoms with E-state index >= 15 is 0 Å². The van der Waals surface area contributed by atoms with Gasteiger partial charge in [-0.3, -0.25) is 9.59 Å². The molecule has 0 aliphatic heterocycles. The summed E-state index contributed by atoms with van der Waals surface area (Å²) in [7, 11) is 0. The number of hydrogen-bond donors (Lipinski definition) is 1. The average Bonchev–Trinajstić information content (AvgIpc) is 3.51. The quantitative estimate of drug-likeness (QED) is 0.0373. The molecule has 0 rings (SSSR count). The molecule has 1 atom stereocenters. The normalized spacial score (nSPS) is 12.7. The van der Waals surface area contributed by atoms with Gasteiger partial charge in [0.15, 0.2) is 6.10 Å². The number of rotatable bonds is 69. The maximum atomic E-state index is 12.4. The van der Waals surface area contributed by atoms with Crippen LogP contribution in [0.3, 0.4) is 0 Å². The molecule has 84 heavy (non-hydrogen) atoms. The number of carbonyl (C=O) groups is 2. The third-order valence-corrected chi connectivity index (χ3v) is 16.7. The summed E-state index contributed by atoms with van der Waals surface area (Å²) in [4.78, 5) is 24.7. The molecule has 0 amide bonds. The molecule has 0 spiro atoms. The Kier molecular flexibility index (Phi) is 71.7. The second-order valence-electron chi connectivity index (χ2n) is 25.0. The van der Waals surface area contributed by atoms with Crippen molar-refractivity contribution in [2.75, 3.05) is 13.2 Å². The van der Waals surface area contributed by atoms with E-state index in [0.29, 0.717) is 12.8 Å². The highest BCUT2D eigenvalue weighted by Gasteiger charge is 2.16. The van der Waals surface area contributed by atoms with Crippen molar-refractivity contribution in [3.8, 4) is 0 Å². The topological polar surface area (TPSA) is 72.8 Å². The highest BCUT2D eigenvalue weighted by atomic mass is 16.6. The van der Waals surface area contributed by atoms with Crippen LogP contribution in [0.1, 0.15) is 386 Å². The largest absolute Gasteiger partial charge is 0.462 e. The number of aliphatic hydroxyl groups is 1. The van der Waals surface area contributed by atoms with Gasteiger partial charge in [-0.25, -0.2) is 0 Å². The lowest BCUT2D eigenvalue weighted by Gasteiger charge is -2.15. The lowest BCUT2D eigenvalue weighted by Crippen LogP contribution is -2.28. The van der Waals surface area contributed by atoms with Crippen LogP contribution >= 0.6 is 0 Å². The summed E-state index contributed by atoms with van der Waals surface area (Å²) in [6.45, 7) is 4.07. The Hall–Kier alpha value is -2.92. The van der Waals surface area contributed by atoms with Gasteiger partial charge >= 0.3 is 11.9 Å². The number of esters is 2. The van der Waals surface area contributed by atoms with Gasteiger partial charge in [0, 0.05) is 12.8 Å². The van der Waals surface area contributed by atoms with Crippen molar-refractivity contribution in [3.05, 3.63) is 85.1 Å². The fourth-order valence-electron chi connectivity index (χ4n) is 11.1. The van der Waals surface area contributed by atoms with E-state index in [9.17, 15) is 14.7 Å². The first-order valence-electron chi connectivity index (χ1n) is 37.1. The third kappa shape index (κ3) is 71.6. The van der Waals surface area contributed by atoms with Crippen LogP contribution in [0, 0.1) is 0 Å². The van der Waals surface area contributed by atoms with Gasteiger partial charge in [-0.2, -0.15) is 0 Å². The molecule has 0 aliphatic carbocycles. The monoisotopic (exact) mass is 1170 g/mol. The molecule has 0 aliphatic rings. The summed E-state index contributed by atoms with van der Waals surface area (Å²) in [5.74, 6) is -0.582. The van der Waals surface area contributed by atoms with Crippen LogP contribution in [-0.2, 0) is 19.1 Å². The summed E-state index contributed by atoms with van der Waals surface area (Å²) in [6.07, 6.45) is 105. The second kappa shape index (κ2) is 74.3. The van der Waals surface area contributed by atoms with Crippen LogP contribution in [0.25, 0.3) is 0 Å². The smallest absolute Gasteiger partial charge is 0.306 e. The average molecular weight is 1170 g/mol. The van der Waals surface area contributed by atoms with E-state index in [1.807, 2.05) is 0 Å². The number of unbranched alkanes of at least 4 members (excludes halogenated alkanes) is 47. The molecule has 0 saturated carbocycles. The fraction of sp³-hybridized carbons (Fsp3) is 0.797. The lowest BCUT2D eigenvalue weighted by molar-refractivity contribution is -0.161. The zero-order chi connectivity index (χ0) is 60.5. The maximum Gasteiger partial charge on any atom is 0.306 e. The highest BCUT2D eigenvalue weighted by molar-refractivity contribution is 5.70. The standard InChI is InChI=1S/C79H142O5/c1-3-5-7-9-11-13-15-17-19-21-23-25-27-29-31-33-34-35-36-37-38-39-40-41-42-43-44-46-47-49-51-53-55-57-59-61-63-65-67-69-71-73-78(81)83-76-77(75-80)84-79(82)74-72-70-68-66-64-62-60-58-56-54-52-50-48-45-32-30-28-26-24-22-20-18-16-14-12-10-8-6-4-2/h6,8,12,14,18,20-21,23-24,26,30,32,48,50,77,80H,3-5,7,9-11,13,15-17,19,22,25,27-29,31,33-47,49,51-76H2,1-2H3/b8-6-,14-12-,20-18-,23-21-,26-24-,32-30-,50-48-. The molecule has 488 valence electrons. The first-order valence-corrected chi connectivity index (χ1v) is 37.1. The molecule has 0 aromatic carbocycles. The van der Waals surface area contributed by atoms with Crippen molar-refractivity contribution < 1.29 is 24.2 Å². The van der Waals surface area contributed by atoms with Crippen LogP contribution in [0.2, 0.25) is 0 Å². The van der Waals surface area contributed by atoms with Gasteiger partial charge < -0.3 is 14.6 Å². The zero-order valence-electron chi connectivity index (χ0n) is 56.2. The molecule has 1 unspecified atom stereocenters. The molecular formula is C79H142O5. The molecule has 5 nitrogen and oxygen atoms in total. The Morgan fingerprint density at radius 3 is 0.786 bits per heavy atom. The van der Waals surface area contributed by atoms with E-state index in [0.717, 1.165) is 77.0 Å². The molecule has 0 bridgehead atoms. The van der Waals surface area contributed by atoms with E-state index in [2.05, 4.69) is 98.9 Å². The van der Waals surface area contributed by atoms with Gasteiger partial charge in [0.2, 0.25) is 0 Å². The first-order chi connectivity index (χ1) is 41.6. The SMILES string of the molecule is CC/C=C\C/C=C\C/C=C\C/C=C\C/C=C\C/C=C\CCCCCCCCCCCCC(=O)OC(CO)COC(=O)CCCCCCCCCCCCCCCCCCCCCCCCCCCCCCC/C=C\CCCCCCCCCC. The fourth-order valence-corrected chi connectivity index (χ4v) is 11.1. The number of ether oxygens (including phenoxy) is 2. The predicted molar refractivity (Wildman–Crippen MR) is 371 cm³/mol. The van der Waals surface area contributed by atoms with Gasteiger partial charge in [0.25, 0.3) is 0 Å². The molecule has 0 heterocycles. The Balaban J connectivity index is 3.40. The van der Waals surface area contributed by atoms with E-state index in [4.69, 9.17) is 9.47 Å². The number of carbonyl (C=O) groups excluding carboxylic acids is 2. The molecule has 0 radical (unpaired) electrons. The summed E-state index contributed by atoms with van der Waals surface area (Å²) < 4.78 is 10.8. The van der Waals surface area contributed by atoms with Gasteiger partial charge in [-0.1, -0.05) is 369 Å². The molecular weight excluding hydrogens is 1030 g/mol. The first kappa shape index (κ1) is 81.1. The maximum absolute atomic E-state index is 12.4. The minimum absolute atomic E-state index is 0.0669. The Morgan fingerprint density at radius 2 is 0.512 bits per heavy atom. The molecule has 0 aromatic heterocycles. The Bertz CT molecular complexity index is 1520. The van der Waals surface area contributed by atoms with Crippen LogP contribution in [0.4, 0.5) is 0 Å². The predicted octanol–water partition coefficient (Wildman–Crippen LogP) is 26.0. The second-order valence-corrected chi connectivity index (χ2v) is 25.0. The summed E-state index contributed by atoms with van der Waals surface area (Å²) >= 11 is 0. The summed E-state index contributed by atoms with van der Waals surface area (Å²) in [5, 5.41) is 9.71. The Labute approximate surface area is 524 Å². The van der Waals surface area contributed by atoms with E-state index in [1.165, 1.54) is 283 Å². The Morgan fingerprint density at radius 1 is 0.286 bits per heavy atom. The number of hydrogen-bond acceptors (Lipinski definition) is 5. The molecule has 1 N–H and O–H groups in total. The van der Waals surface area contributed by atoms with Gasteiger partial charge in [0.05, 0.1) is 6.61 Å². The van der Waals surface area contributed by atoms with Crippen LogP contribution in [0.5, 0.6) is 0 Å². The van der Waals surface area contributed by atoms with Crippen LogP contribution in [-0.4, -0.2) is 36.4 Å². The molecule has 0 saturated heterocycles. The summed E-state index contributed by atoms with van der Waals surface area (Å²) in [5.41, 5.74) is 0. The van der Waals surface area contributed by atoms with Gasteiger partial charge in [0.1, 0.15) is 6.61 Å². The number of allylic oxidation sites excluding steroid dienone is 14. The third-order valence-electron chi connectivity index (χ3n) is 16.7. The van der Waals surface area contributed by atoms with Crippen molar-refractivity contribution in [1.82, 2.24) is 0 Å². The molecule has 0 aromatic rings. The lowest BCUT2D eigenvalue weighted by atomic mass is 10.0. The van der Waals surface area contributed by atoms with Gasteiger partial charge in [-0.05, 0) is 89.9 Å². The van der Waals surface area contributed by atoms with Gasteiger partial charge in [-0.15, -0.1) is 0 Å². The minimum atomic E-state index is -0.779. The molecule has 0 fully saturated rings. The van der Waals surface area contributed by atoms with E-state index < -0.39 is 6.10 Å². The molecule has 5 heteroatoms. The van der Waals surface area contributed by atoms with Crippen molar-refractivity contribution in [3.63, 3.8) is 0 Å².